The van der Waals surface area contributed by atoms with Gasteiger partial charge >= 0.3 is 5.91 Å². The third-order valence-electron chi connectivity index (χ3n) is 4.85. The normalized spacial score (nSPS) is 16.1. The summed E-state index contributed by atoms with van der Waals surface area (Å²) in [6.45, 7) is 0. The number of carbonyl (C=O) groups is 1. The molecule has 1 aliphatic heterocycles. The van der Waals surface area contributed by atoms with E-state index in [0.717, 1.165) is 17.4 Å². The molecule has 1 aliphatic rings. The standard InChI is InChI=1S/C22H21N3O5S/c1-29-18-10-8-15(9-11-18)20-14-19(23-25(20)22(26)21-7-4-12-30-21)16-5-3-6-17(13-16)24-31(2,27)28/h3-13,20,24H,14H2,1-2H3/t20-/m1/s1. The quantitative estimate of drug-likeness (QED) is 0.632. The fourth-order valence-corrected chi connectivity index (χ4v) is 4.00. The van der Waals surface area contributed by atoms with Crippen LogP contribution in [-0.2, 0) is 10.0 Å². The van der Waals surface area contributed by atoms with E-state index < -0.39 is 10.0 Å². The van der Waals surface area contributed by atoms with Crippen molar-refractivity contribution in [3.8, 4) is 5.75 Å². The lowest BCUT2D eigenvalue weighted by atomic mass is 9.98. The fraction of sp³-hybridized carbons (Fsp3) is 0.182. The molecule has 0 unspecified atom stereocenters. The van der Waals surface area contributed by atoms with Crippen molar-refractivity contribution >= 4 is 27.3 Å². The summed E-state index contributed by atoms with van der Waals surface area (Å²) in [7, 11) is -1.82. The zero-order valence-electron chi connectivity index (χ0n) is 17.0. The number of nitrogens with one attached hydrogen (secondary N) is 1. The van der Waals surface area contributed by atoms with Gasteiger partial charge in [0, 0.05) is 12.1 Å². The first kappa shape index (κ1) is 20.7. The van der Waals surface area contributed by atoms with Gasteiger partial charge < -0.3 is 9.15 Å². The van der Waals surface area contributed by atoms with Crippen LogP contribution in [0.25, 0.3) is 0 Å². The molecule has 0 aliphatic carbocycles. The molecule has 0 radical (unpaired) electrons. The Labute approximate surface area is 180 Å². The molecule has 160 valence electrons. The second-order valence-corrected chi connectivity index (χ2v) is 8.87. The molecular weight excluding hydrogens is 418 g/mol. The molecule has 4 rings (SSSR count). The number of carbonyl (C=O) groups excluding carboxylic acids is 1. The van der Waals surface area contributed by atoms with Crippen LogP contribution in [0.5, 0.6) is 5.75 Å². The number of hydrogen-bond acceptors (Lipinski definition) is 6. The van der Waals surface area contributed by atoms with E-state index in [-0.39, 0.29) is 17.7 Å². The lowest BCUT2D eigenvalue weighted by Crippen LogP contribution is -2.26. The molecule has 0 saturated heterocycles. The van der Waals surface area contributed by atoms with Gasteiger partial charge in [0.05, 0.1) is 31.4 Å². The highest BCUT2D eigenvalue weighted by atomic mass is 32.2. The highest BCUT2D eigenvalue weighted by Crippen LogP contribution is 2.35. The van der Waals surface area contributed by atoms with Crippen LogP contribution >= 0.6 is 0 Å². The smallest absolute Gasteiger partial charge is 0.310 e. The van der Waals surface area contributed by atoms with Crippen LogP contribution in [0.15, 0.2) is 76.4 Å². The summed E-state index contributed by atoms with van der Waals surface area (Å²) in [5.74, 6) is 0.550. The average Bonchev–Trinajstić information content (AvgIpc) is 3.43. The predicted octanol–water partition coefficient (Wildman–Crippen LogP) is 3.65. The first-order chi connectivity index (χ1) is 14.8. The first-order valence-corrected chi connectivity index (χ1v) is 11.4. The van der Waals surface area contributed by atoms with E-state index in [1.165, 1.54) is 11.3 Å². The summed E-state index contributed by atoms with van der Waals surface area (Å²) in [4.78, 5) is 13.1. The fourth-order valence-electron chi connectivity index (χ4n) is 3.45. The number of hydrogen-bond donors (Lipinski definition) is 1. The van der Waals surface area contributed by atoms with Crippen molar-refractivity contribution in [2.45, 2.75) is 12.5 Å². The van der Waals surface area contributed by atoms with Gasteiger partial charge in [0.25, 0.3) is 0 Å². The van der Waals surface area contributed by atoms with Crippen LogP contribution in [-0.4, -0.2) is 38.4 Å². The van der Waals surface area contributed by atoms with Gasteiger partial charge in [0.2, 0.25) is 10.0 Å². The molecule has 0 bridgehead atoms. The van der Waals surface area contributed by atoms with Crippen LogP contribution in [0.3, 0.4) is 0 Å². The highest BCUT2D eigenvalue weighted by molar-refractivity contribution is 7.92. The lowest BCUT2D eigenvalue weighted by molar-refractivity contribution is 0.0678. The Morgan fingerprint density at radius 2 is 1.94 bits per heavy atom. The van der Waals surface area contributed by atoms with E-state index >= 15 is 0 Å². The summed E-state index contributed by atoms with van der Waals surface area (Å²) < 4.78 is 36.1. The van der Waals surface area contributed by atoms with Gasteiger partial charge in [-0.1, -0.05) is 24.3 Å². The average molecular weight is 439 g/mol. The van der Waals surface area contributed by atoms with Gasteiger partial charge in [0.15, 0.2) is 5.76 Å². The number of sulfonamides is 1. The van der Waals surface area contributed by atoms with E-state index in [9.17, 15) is 13.2 Å². The summed E-state index contributed by atoms with van der Waals surface area (Å²) >= 11 is 0. The van der Waals surface area contributed by atoms with Gasteiger partial charge in [-0.3, -0.25) is 9.52 Å². The van der Waals surface area contributed by atoms with Gasteiger partial charge in [0.1, 0.15) is 5.75 Å². The Kier molecular flexibility index (Phi) is 5.51. The molecule has 0 spiro atoms. The van der Waals surface area contributed by atoms with Crippen molar-refractivity contribution in [1.82, 2.24) is 5.01 Å². The maximum absolute atomic E-state index is 13.1. The Morgan fingerprint density at radius 3 is 2.58 bits per heavy atom. The number of anilines is 1. The second-order valence-electron chi connectivity index (χ2n) is 7.12. The van der Waals surface area contributed by atoms with Crippen LogP contribution < -0.4 is 9.46 Å². The van der Waals surface area contributed by atoms with E-state index in [4.69, 9.17) is 9.15 Å². The van der Waals surface area contributed by atoms with Gasteiger partial charge in [-0.05, 0) is 47.5 Å². The molecule has 0 fully saturated rings. The maximum Gasteiger partial charge on any atom is 0.310 e. The van der Waals surface area contributed by atoms with Crippen molar-refractivity contribution in [3.05, 3.63) is 83.8 Å². The van der Waals surface area contributed by atoms with E-state index in [0.29, 0.717) is 23.6 Å². The second kappa shape index (κ2) is 8.27. The third-order valence-corrected chi connectivity index (χ3v) is 5.46. The maximum atomic E-state index is 13.1. The number of benzene rings is 2. The van der Waals surface area contributed by atoms with Crippen LogP contribution in [0.4, 0.5) is 5.69 Å². The molecule has 31 heavy (non-hydrogen) atoms. The van der Waals surface area contributed by atoms with Crippen LogP contribution in [0.1, 0.15) is 34.1 Å². The number of amides is 1. The molecule has 2 heterocycles. The largest absolute Gasteiger partial charge is 0.497 e. The van der Waals surface area contributed by atoms with Crippen molar-refractivity contribution in [2.24, 2.45) is 5.10 Å². The number of hydrazone groups is 1. The number of methoxy groups -OCH3 is 1. The molecule has 1 atom stereocenters. The van der Waals surface area contributed by atoms with Crippen molar-refractivity contribution in [3.63, 3.8) is 0 Å². The minimum absolute atomic E-state index is 0.191. The summed E-state index contributed by atoms with van der Waals surface area (Å²) in [6.07, 6.45) is 2.99. The Balaban J connectivity index is 1.70. The van der Waals surface area contributed by atoms with Gasteiger partial charge in [-0.15, -0.1) is 0 Å². The number of ether oxygens (including phenoxy) is 1. The van der Waals surface area contributed by atoms with E-state index in [1.807, 2.05) is 30.3 Å². The zero-order valence-corrected chi connectivity index (χ0v) is 17.8. The van der Waals surface area contributed by atoms with Gasteiger partial charge in [-0.25, -0.2) is 13.4 Å². The first-order valence-electron chi connectivity index (χ1n) is 9.51. The SMILES string of the molecule is COc1ccc([C@H]2CC(c3cccc(NS(C)(=O)=O)c3)=NN2C(=O)c2ccco2)cc1. The summed E-state index contributed by atoms with van der Waals surface area (Å²) in [6, 6.07) is 17.3. The van der Waals surface area contributed by atoms with Crippen molar-refractivity contribution in [2.75, 3.05) is 18.1 Å². The van der Waals surface area contributed by atoms with Crippen LogP contribution in [0.2, 0.25) is 0 Å². The summed E-state index contributed by atoms with van der Waals surface area (Å²) in [5.41, 5.74) is 2.71. The Morgan fingerprint density at radius 1 is 1.16 bits per heavy atom. The number of furan rings is 1. The number of nitrogens with zero attached hydrogens (tertiary/aromatic N) is 2. The third kappa shape index (κ3) is 4.61. The molecule has 0 saturated carbocycles. The molecular formula is C22H21N3O5S. The van der Waals surface area contributed by atoms with Crippen molar-refractivity contribution in [1.29, 1.82) is 0 Å². The molecule has 3 aromatic rings. The lowest BCUT2D eigenvalue weighted by Gasteiger charge is -2.21. The molecule has 1 N–H and O–H groups in total. The Hall–Kier alpha value is -3.59. The monoisotopic (exact) mass is 439 g/mol. The van der Waals surface area contributed by atoms with E-state index in [2.05, 4.69) is 9.82 Å². The topological polar surface area (TPSA) is 101 Å². The minimum Gasteiger partial charge on any atom is -0.497 e. The van der Waals surface area contributed by atoms with Crippen LogP contribution in [0, 0.1) is 0 Å². The molecule has 1 aromatic heterocycles. The predicted molar refractivity (Wildman–Crippen MR) is 117 cm³/mol. The summed E-state index contributed by atoms with van der Waals surface area (Å²) in [5, 5.41) is 5.99. The zero-order chi connectivity index (χ0) is 22.0. The van der Waals surface area contributed by atoms with Gasteiger partial charge in [-0.2, -0.15) is 5.10 Å². The minimum atomic E-state index is -3.41. The highest BCUT2D eigenvalue weighted by Gasteiger charge is 2.34. The van der Waals surface area contributed by atoms with Crippen molar-refractivity contribution < 1.29 is 22.4 Å². The Bertz CT molecular complexity index is 1220. The molecule has 2 aromatic carbocycles. The number of rotatable bonds is 6. The molecule has 8 nitrogen and oxygen atoms in total. The molecule has 1 amide bonds. The van der Waals surface area contributed by atoms with E-state index in [1.54, 1.807) is 37.4 Å². The molecule has 9 heteroatoms.